The van der Waals surface area contributed by atoms with Crippen LogP contribution in [-0.4, -0.2) is 34.6 Å². The van der Waals surface area contributed by atoms with Crippen molar-refractivity contribution in [2.75, 3.05) is 13.1 Å². The maximum Gasteiger partial charge on any atom is 0.105 e. The second kappa shape index (κ2) is 4.08. The van der Waals surface area contributed by atoms with Crippen LogP contribution in [0.25, 0.3) is 0 Å². The maximum absolute atomic E-state index is 9.26. The average molecular weight is 255 g/mol. The van der Waals surface area contributed by atoms with Crippen molar-refractivity contribution in [1.29, 1.82) is 0 Å². The zero-order valence-electron chi connectivity index (χ0n) is 10.8. The third-order valence-electron chi connectivity index (χ3n) is 4.58. The second-order valence-corrected chi connectivity index (χ2v) is 5.57. The second-order valence-electron chi connectivity index (χ2n) is 5.57. The smallest absolute Gasteiger partial charge is 0.105 e. The minimum Gasteiger partial charge on any atom is -0.411 e. The summed E-state index contributed by atoms with van der Waals surface area (Å²) in [5.74, 6) is 0.897. The molecule has 3 heterocycles. The van der Waals surface area contributed by atoms with Gasteiger partial charge < -0.3 is 10.1 Å². The number of oxime groups is 1. The highest BCUT2D eigenvalue weighted by Crippen LogP contribution is 2.43. The standard InChI is InChI=1S/C15H17N3O/c19-17-13-6-3-8-18-9-7-11-10-4-1-2-5-12(10)16-14(11)15(13)18/h1-2,4-5,10-11,19H,3,6-9H2. The lowest BCUT2D eigenvalue weighted by molar-refractivity contribution is 0.268. The van der Waals surface area contributed by atoms with Gasteiger partial charge in [0.1, 0.15) is 5.71 Å². The lowest BCUT2D eigenvalue weighted by Gasteiger charge is -2.38. The highest BCUT2D eigenvalue weighted by molar-refractivity contribution is 6.05. The Morgan fingerprint density at radius 1 is 1.32 bits per heavy atom. The van der Waals surface area contributed by atoms with Gasteiger partial charge in [-0.1, -0.05) is 23.4 Å². The van der Waals surface area contributed by atoms with E-state index in [9.17, 15) is 5.21 Å². The van der Waals surface area contributed by atoms with Gasteiger partial charge >= 0.3 is 0 Å². The van der Waals surface area contributed by atoms with Gasteiger partial charge in [-0.15, -0.1) is 0 Å². The summed E-state index contributed by atoms with van der Waals surface area (Å²) in [6, 6.07) is 0. The normalized spacial score (nSPS) is 34.2. The van der Waals surface area contributed by atoms with Gasteiger partial charge in [0.25, 0.3) is 0 Å². The molecule has 1 fully saturated rings. The molecule has 4 aliphatic rings. The van der Waals surface area contributed by atoms with Crippen LogP contribution in [0.1, 0.15) is 19.3 Å². The Morgan fingerprint density at radius 3 is 3.16 bits per heavy atom. The molecule has 98 valence electrons. The lowest BCUT2D eigenvalue weighted by Crippen LogP contribution is -2.40. The summed E-state index contributed by atoms with van der Waals surface area (Å²) in [5, 5.41) is 12.8. The zero-order valence-corrected chi connectivity index (χ0v) is 10.8. The van der Waals surface area contributed by atoms with Gasteiger partial charge in [0.15, 0.2) is 0 Å². The Kier molecular flexibility index (Phi) is 2.37. The number of fused-ring (bicyclic) bond motifs is 4. The van der Waals surface area contributed by atoms with Crippen molar-refractivity contribution in [3.8, 4) is 0 Å². The molecule has 2 unspecified atom stereocenters. The first-order valence-corrected chi connectivity index (χ1v) is 7.02. The fourth-order valence-corrected chi connectivity index (χ4v) is 3.71. The minimum absolute atomic E-state index is 0.427. The number of hydrogen-bond acceptors (Lipinski definition) is 4. The monoisotopic (exact) mass is 255 g/mol. The molecule has 3 aliphatic heterocycles. The van der Waals surface area contributed by atoms with E-state index in [4.69, 9.17) is 4.99 Å². The molecule has 19 heavy (non-hydrogen) atoms. The molecule has 4 rings (SSSR count). The van der Waals surface area contributed by atoms with Crippen LogP contribution in [-0.2, 0) is 0 Å². The highest BCUT2D eigenvalue weighted by atomic mass is 16.4. The number of piperidine rings is 1. The number of rotatable bonds is 0. The Balaban J connectivity index is 1.85. The van der Waals surface area contributed by atoms with Crippen LogP contribution < -0.4 is 0 Å². The molecule has 0 aromatic carbocycles. The molecule has 1 N–H and O–H groups in total. The van der Waals surface area contributed by atoms with Gasteiger partial charge in [-0.25, -0.2) is 0 Å². The number of hydrogen-bond donors (Lipinski definition) is 1. The van der Waals surface area contributed by atoms with E-state index < -0.39 is 0 Å². The van der Waals surface area contributed by atoms with E-state index in [0.29, 0.717) is 11.8 Å². The summed E-state index contributed by atoms with van der Waals surface area (Å²) in [6.45, 7) is 2.12. The Morgan fingerprint density at radius 2 is 2.26 bits per heavy atom. The summed E-state index contributed by atoms with van der Waals surface area (Å²) < 4.78 is 0. The van der Waals surface area contributed by atoms with E-state index >= 15 is 0 Å². The molecule has 1 saturated heterocycles. The molecule has 2 atom stereocenters. The van der Waals surface area contributed by atoms with Crippen molar-refractivity contribution in [3.63, 3.8) is 0 Å². The van der Waals surface area contributed by atoms with Gasteiger partial charge in [0, 0.05) is 30.6 Å². The topological polar surface area (TPSA) is 48.2 Å². The number of aliphatic imine (C=N–C) groups is 1. The quantitative estimate of drug-likeness (QED) is 0.533. The van der Waals surface area contributed by atoms with Crippen LogP contribution in [0.4, 0.5) is 0 Å². The van der Waals surface area contributed by atoms with Crippen LogP contribution in [0, 0.1) is 11.8 Å². The Hall–Kier alpha value is -1.84. The van der Waals surface area contributed by atoms with Crippen molar-refractivity contribution >= 4 is 11.4 Å². The predicted octanol–water partition coefficient (Wildman–Crippen LogP) is 2.34. The van der Waals surface area contributed by atoms with E-state index in [2.05, 4.69) is 34.4 Å². The molecule has 0 radical (unpaired) electrons. The average Bonchev–Trinajstić information content (AvgIpc) is 2.85. The van der Waals surface area contributed by atoms with Crippen molar-refractivity contribution < 1.29 is 5.21 Å². The van der Waals surface area contributed by atoms with Crippen LogP contribution >= 0.6 is 0 Å². The van der Waals surface area contributed by atoms with Crippen molar-refractivity contribution in [2.45, 2.75) is 19.3 Å². The Labute approximate surface area is 112 Å². The molecule has 1 aliphatic carbocycles. The van der Waals surface area contributed by atoms with Crippen LogP contribution in [0.15, 0.2) is 45.8 Å². The Bertz CT molecular complexity index is 568. The number of allylic oxidation sites excluding steroid dienone is 6. The SMILES string of the molecule is ON=C1CCCN2CCC3C(=C12)N=C1C=CC=CC13. The maximum atomic E-state index is 9.26. The minimum atomic E-state index is 0.427. The van der Waals surface area contributed by atoms with Crippen LogP contribution in [0.2, 0.25) is 0 Å². The fourth-order valence-electron chi connectivity index (χ4n) is 3.71. The van der Waals surface area contributed by atoms with E-state index in [1.807, 2.05) is 0 Å². The first kappa shape index (κ1) is 11.0. The first-order chi connectivity index (χ1) is 9.38. The van der Waals surface area contributed by atoms with Gasteiger partial charge in [-0.3, -0.25) is 4.99 Å². The van der Waals surface area contributed by atoms with Gasteiger partial charge in [0.2, 0.25) is 0 Å². The lowest BCUT2D eigenvalue weighted by atomic mass is 9.81. The van der Waals surface area contributed by atoms with E-state index in [-0.39, 0.29) is 0 Å². The van der Waals surface area contributed by atoms with Crippen molar-refractivity contribution in [1.82, 2.24) is 4.90 Å². The molecular weight excluding hydrogens is 238 g/mol. The van der Waals surface area contributed by atoms with E-state index in [0.717, 1.165) is 49.5 Å². The predicted molar refractivity (Wildman–Crippen MR) is 74.4 cm³/mol. The van der Waals surface area contributed by atoms with Crippen LogP contribution in [0.3, 0.4) is 0 Å². The third kappa shape index (κ3) is 1.52. The zero-order chi connectivity index (χ0) is 12.8. The van der Waals surface area contributed by atoms with Crippen molar-refractivity contribution in [2.24, 2.45) is 22.0 Å². The van der Waals surface area contributed by atoms with E-state index in [1.54, 1.807) is 0 Å². The third-order valence-corrected chi connectivity index (χ3v) is 4.58. The number of nitrogens with zero attached hydrogens (tertiary/aromatic N) is 3. The molecule has 0 amide bonds. The molecular formula is C15H17N3O. The summed E-state index contributed by atoms with van der Waals surface area (Å²) >= 11 is 0. The van der Waals surface area contributed by atoms with Gasteiger partial charge in [-0.2, -0.15) is 0 Å². The van der Waals surface area contributed by atoms with Gasteiger partial charge in [0.05, 0.1) is 11.4 Å². The molecule has 0 saturated carbocycles. The summed E-state index contributed by atoms with van der Waals surface area (Å²) in [6.07, 6.45) is 11.6. The highest BCUT2D eigenvalue weighted by Gasteiger charge is 2.41. The molecule has 0 aromatic rings. The summed E-state index contributed by atoms with van der Waals surface area (Å²) in [7, 11) is 0. The fraction of sp³-hybridized carbons (Fsp3) is 0.467. The van der Waals surface area contributed by atoms with Gasteiger partial charge in [-0.05, 0) is 25.3 Å². The van der Waals surface area contributed by atoms with Crippen LogP contribution in [0.5, 0.6) is 0 Å². The molecule has 4 heteroatoms. The molecule has 0 aromatic heterocycles. The van der Waals surface area contributed by atoms with Crippen molar-refractivity contribution in [3.05, 3.63) is 35.7 Å². The van der Waals surface area contributed by atoms with E-state index in [1.165, 1.54) is 5.71 Å². The first-order valence-electron chi connectivity index (χ1n) is 7.02. The molecule has 0 bridgehead atoms. The molecule has 4 nitrogen and oxygen atoms in total. The summed E-state index contributed by atoms with van der Waals surface area (Å²) in [5.41, 5.74) is 4.24. The summed E-state index contributed by atoms with van der Waals surface area (Å²) in [4.78, 5) is 7.19. The molecule has 0 spiro atoms. The largest absolute Gasteiger partial charge is 0.411 e.